The number of para-hydroxylation sites is 1. The van der Waals surface area contributed by atoms with Crippen LogP contribution >= 0.6 is 11.8 Å². The van der Waals surface area contributed by atoms with Crippen molar-refractivity contribution in [3.8, 4) is 0 Å². The fourth-order valence-corrected chi connectivity index (χ4v) is 1.77. The predicted octanol–water partition coefficient (Wildman–Crippen LogP) is 1.63. The van der Waals surface area contributed by atoms with Crippen LogP contribution < -0.4 is 5.32 Å². The Labute approximate surface area is 117 Å². The minimum absolute atomic E-state index is 0.0119. The third kappa shape index (κ3) is 3.12. The van der Waals surface area contributed by atoms with Crippen LogP contribution in [0.1, 0.15) is 16.2 Å². The highest BCUT2D eigenvalue weighted by Crippen LogP contribution is 2.17. The smallest absolute Gasteiger partial charge is 0.282 e. The summed E-state index contributed by atoms with van der Waals surface area (Å²) in [6.45, 7) is 0.0123. The molecule has 1 N–H and O–H groups in total. The summed E-state index contributed by atoms with van der Waals surface area (Å²) in [5.74, 6) is -0.331. The number of benzene rings is 1. The Morgan fingerprint density at radius 2 is 2.20 bits per heavy atom. The molecular weight excluding hydrogens is 284 g/mol. The molecule has 9 heteroatoms. The van der Waals surface area contributed by atoms with Crippen LogP contribution in [0.15, 0.2) is 33.9 Å². The fraction of sp³-hybridized carbons (Fsp3) is 0.182. The molecule has 1 amide bonds. The van der Waals surface area contributed by atoms with E-state index in [-0.39, 0.29) is 23.7 Å². The van der Waals surface area contributed by atoms with Gasteiger partial charge in [0, 0.05) is 6.07 Å². The van der Waals surface area contributed by atoms with E-state index in [1.807, 2.05) is 0 Å². The van der Waals surface area contributed by atoms with Gasteiger partial charge in [0.15, 0.2) is 0 Å². The summed E-state index contributed by atoms with van der Waals surface area (Å²) >= 11 is 1.28. The summed E-state index contributed by atoms with van der Waals surface area (Å²) in [5, 5.41) is 21.2. The average molecular weight is 294 g/mol. The van der Waals surface area contributed by atoms with Gasteiger partial charge < -0.3 is 9.73 Å². The van der Waals surface area contributed by atoms with Crippen molar-refractivity contribution in [2.75, 3.05) is 6.26 Å². The highest BCUT2D eigenvalue weighted by molar-refractivity contribution is 7.98. The molecule has 104 valence electrons. The van der Waals surface area contributed by atoms with Crippen LogP contribution in [-0.4, -0.2) is 27.3 Å². The van der Waals surface area contributed by atoms with E-state index in [2.05, 4.69) is 15.5 Å². The highest BCUT2D eigenvalue weighted by Gasteiger charge is 2.19. The summed E-state index contributed by atoms with van der Waals surface area (Å²) in [6.07, 6.45) is 1.78. The van der Waals surface area contributed by atoms with Gasteiger partial charge in [-0.2, -0.15) is 0 Å². The molecule has 0 saturated carbocycles. The van der Waals surface area contributed by atoms with Gasteiger partial charge in [0.1, 0.15) is 5.56 Å². The second-order valence-electron chi connectivity index (χ2n) is 3.62. The quantitative estimate of drug-likeness (QED) is 0.506. The van der Waals surface area contributed by atoms with E-state index in [9.17, 15) is 14.9 Å². The van der Waals surface area contributed by atoms with Crippen molar-refractivity contribution in [3.63, 3.8) is 0 Å². The summed E-state index contributed by atoms with van der Waals surface area (Å²) < 4.78 is 5.19. The molecule has 0 radical (unpaired) electrons. The minimum atomic E-state index is -0.604. The Kier molecular flexibility index (Phi) is 4.31. The highest BCUT2D eigenvalue weighted by atomic mass is 32.2. The Morgan fingerprint density at radius 3 is 2.85 bits per heavy atom. The molecule has 0 aliphatic carbocycles. The summed E-state index contributed by atoms with van der Waals surface area (Å²) in [6, 6.07) is 5.71. The Bertz CT molecular complexity index is 643. The zero-order valence-electron chi connectivity index (χ0n) is 10.4. The first kappa shape index (κ1) is 14.0. The number of nitro groups is 1. The first-order valence-corrected chi connectivity index (χ1v) is 6.72. The van der Waals surface area contributed by atoms with Crippen molar-refractivity contribution in [2.24, 2.45) is 0 Å². The van der Waals surface area contributed by atoms with Crippen molar-refractivity contribution in [1.29, 1.82) is 0 Å². The van der Waals surface area contributed by atoms with Gasteiger partial charge in [0.2, 0.25) is 5.89 Å². The van der Waals surface area contributed by atoms with Gasteiger partial charge >= 0.3 is 0 Å². The first-order valence-electron chi connectivity index (χ1n) is 5.50. The Hall–Kier alpha value is -2.42. The largest absolute Gasteiger partial charge is 0.414 e. The Balaban J connectivity index is 2.07. The maximum absolute atomic E-state index is 11.9. The van der Waals surface area contributed by atoms with E-state index in [1.165, 1.54) is 30.0 Å². The van der Waals surface area contributed by atoms with Crippen molar-refractivity contribution in [1.82, 2.24) is 15.5 Å². The van der Waals surface area contributed by atoms with Crippen LogP contribution in [0.3, 0.4) is 0 Å². The van der Waals surface area contributed by atoms with Crippen LogP contribution in [0.2, 0.25) is 0 Å². The van der Waals surface area contributed by atoms with Gasteiger partial charge in [-0.25, -0.2) is 0 Å². The fourth-order valence-electron chi connectivity index (χ4n) is 1.47. The van der Waals surface area contributed by atoms with Gasteiger partial charge in [0.05, 0.1) is 11.5 Å². The molecule has 1 aromatic carbocycles. The van der Waals surface area contributed by atoms with Crippen LogP contribution in [0.25, 0.3) is 0 Å². The lowest BCUT2D eigenvalue weighted by atomic mass is 10.1. The van der Waals surface area contributed by atoms with Gasteiger partial charge in [0.25, 0.3) is 16.8 Å². The second kappa shape index (κ2) is 6.15. The molecule has 2 rings (SSSR count). The SMILES string of the molecule is CSc1nnc(CNC(=O)c2ccccc2[N+](=O)[O-])o1. The average Bonchev–Trinajstić information content (AvgIpc) is 2.92. The minimum Gasteiger partial charge on any atom is -0.414 e. The molecule has 0 unspecified atom stereocenters. The lowest BCUT2D eigenvalue weighted by molar-refractivity contribution is -0.385. The topological polar surface area (TPSA) is 111 Å². The van der Waals surface area contributed by atoms with Gasteiger partial charge in [-0.15, -0.1) is 10.2 Å². The van der Waals surface area contributed by atoms with E-state index >= 15 is 0 Å². The molecule has 1 heterocycles. The molecule has 0 atom stereocenters. The van der Waals surface area contributed by atoms with Crippen LogP contribution in [0.4, 0.5) is 5.69 Å². The van der Waals surface area contributed by atoms with Crippen LogP contribution in [0, 0.1) is 10.1 Å². The third-order valence-corrected chi connectivity index (χ3v) is 2.88. The first-order chi connectivity index (χ1) is 9.61. The van der Waals surface area contributed by atoms with Crippen molar-refractivity contribution in [2.45, 2.75) is 11.8 Å². The Morgan fingerprint density at radius 1 is 1.45 bits per heavy atom. The molecule has 0 saturated heterocycles. The van der Waals surface area contributed by atoms with E-state index in [0.717, 1.165) is 0 Å². The van der Waals surface area contributed by atoms with E-state index in [0.29, 0.717) is 5.22 Å². The maximum Gasteiger partial charge on any atom is 0.282 e. The lowest BCUT2D eigenvalue weighted by Crippen LogP contribution is -2.23. The second-order valence-corrected chi connectivity index (χ2v) is 4.38. The summed E-state index contributed by atoms with van der Waals surface area (Å²) in [4.78, 5) is 22.1. The molecule has 0 fully saturated rings. The van der Waals surface area contributed by atoms with Crippen LogP contribution in [-0.2, 0) is 6.54 Å². The molecule has 8 nitrogen and oxygen atoms in total. The van der Waals surface area contributed by atoms with Crippen LogP contribution in [0.5, 0.6) is 0 Å². The van der Waals surface area contributed by atoms with Gasteiger partial charge in [-0.05, 0) is 12.3 Å². The number of aromatic nitrogens is 2. The van der Waals surface area contributed by atoms with Gasteiger partial charge in [-0.3, -0.25) is 14.9 Å². The number of carbonyl (C=O) groups is 1. The summed E-state index contributed by atoms with van der Waals surface area (Å²) in [7, 11) is 0. The number of thioether (sulfide) groups is 1. The summed E-state index contributed by atoms with van der Waals surface area (Å²) in [5.41, 5.74) is -0.262. The number of hydrogen-bond donors (Lipinski definition) is 1. The number of nitro benzene ring substituents is 1. The number of rotatable bonds is 5. The molecule has 0 bridgehead atoms. The van der Waals surface area contributed by atoms with Crippen molar-refractivity contribution < 1.29 is 14.1 Å². The molecule has 2 aromatic rings. The zero-order valence-corrected chi connectivity index (χ0v) is 11.2. The number of amides is 1. The van der Waals surface area contributed by atoms with Gasteiger partial charge in [-0.1, -0.05) is 23.9 Å². The monoisotopic (exact) mass is 294 g/mol. The lowest BCUT2D eigenvalue weighted by Gasteiger charge is -2.03. The molecule has 0 aliphatic rings. The molecular formula is C11H10N4O4S. The van der Waals surface area contributed by atoms with Crippen molar-refractivity contribution in [3.05, 3.63) is 45.8 Å². The number of hydrogen-bond acceptors (Lipinski definition) is 7. The zero-order chi connectivity index (χ0) is 14.5. The van der Waals surface area contributed by atoms with E-state index in [1.54, 1.807) is 12.3 Å². The van der Waals surface area contributed by atoms with E-state index in [4.69, 9.17) is 4.42 Å². The maximum atomic E-state index is 11.9. The third-order valence-electron chi connectivity index (χ3n) is 2.37. The number of nitrogens with zero attached hydrogens (tertiary/aromatic N) is 3. The predicted molar refractivity (Wildman–Crippen MR) is 70.3 cm³/mol. The normalized spacial score (nSPS) is 10.2. The molecule has 0 aliphatic heterocycles. The standard InChI is InChI=1S/C11H10N4O4S/c1-20-11-14-13-9(19-11)6-12-10(16)7-4-2-3-5-8(7)15(17)18/h2-5H,6H2,1H3,(H,12,16). The molecule has 1 aromatic heterocycles. The van der Waals surface area contributed by atoms with E-state index < -0.39 is 10.8 Å². The van der Waals surface area contributed by atoms with Crippen molar-refractivity contribution >= 4 is 23.4 Å². The molecule has 0 spiro atoms. The number of carbonyl (C=O) groups excluding carboxylic acids is 1. The molecule has 20 heavy (non-hydrogen) atoms. The number of nitrogens with one attached hydrogen (secondary N) is 1.